The minimum Gasteiger partial charge on any atom is -0.497 e. The maximum atomic E-state index is 13.4. The number of halogens is 3. The summed E-state index contributed by atoms with van der Waals surface area (Å²) in [4.78, 5) is 4.21. The zero-order valence-corrected chi connectivity index (χ0v) is 17.0. The van der Waals surface area contributed by atoms with Crippen LogP contribution in [0.3, 0.4) is 0 Å². The second-order valence-corrected chi connectivity index (χ2v) is 8.96. The summed E-state index contributed by atoms with van der Waals surface area (Å²) in [5.74, 6) is 0.522. The Bertz CT molecular complexity index is 1190. The van der Waals surface area contributed by atoms with Crippen LogP contribution in [0.4, 0.5) is 13.2 Å². The van der Waals surface area contributed by atoms with Crippen LogP contribution in [-0.2, 0) is 16.2 Å². The second-order valence-electron chi connectivity index (χ2n) is 7.07. The zero-order valence-electron chi connectivity index (χ0n) is 16.2. The molecule has 0 aliphatic carbocycles. The number of rotatable bonds is 4. The molecule has 0 radical (unpaired) electrons. The van der Waals surface area contributed by atoms with Gasteiger partial charge in [-0.15, -0.1) is 0 Å². The molecule has 1 aliphatic heterocycles. The van der Waals surface area contributed by atoms with Crippen molar-refractivity contribution in [1.29, 1.82) is 0 Å². The lowest BCUT2D eigenvalue weighted by Gasteiger charge is -2.22. The number of alkyl halides is 3. The number of ether oxygens (including phenoxy) is 1. The number of benzene rings is 1. The van der Waals surface area contributed by atoms with Gasteiger partial charge in [0.05, 0.1) is 23.7 Å². The van der Waals surface area contributed by atoms with Crippen molar-refractivity contribution < 1.29 is 26.3 Å². The van der Waals surface area contributed by atoms with Crippen LogP contribution in [0.15, 0.2) is 41.3 Å². The fourth-order valence-corrected chi connectivity index (χ4v) is 5.36. The highest BCUT2D eigenvalue weighted by molar-refractivity contribution is 7.89. The number of nitrogens with zero attached hydrogens (tertiary/aromatic N) is 4. The van der Waals surface area contributed by atoms with Gasteiger partial charge in [0.1, 0.15) is 11.4 Å². The molecule has 1 saturated heterocycles. The van der Waals surface area contributed by atoms with Crippen LogP contribution in [0.2, 0.25) is 0 Å². The fraction of sp³-hybridized carbons (Fsp3) is 0.368. The quantitative estimate of drug-likeness (QED) is 0.620. The van der Waals surface area contributed by atoms with Crippen LogP contribution in [0.5, 0.6) is 5.75 Å². The number of hydrogen-bond donors (Lipinski definition) is 0. The molecule has 160 valence electrons. The molecule has 3 aromatic rings. The van der Waals surface area contributed by atoms with Crippen LogP contribution in [0.1, 0.15) is 36.0 Å². The van der Waals surface area contributed by atoms with Crippen LogP contribution >= 0.6 is 0 Å². The van der Waals surface area contributed by atoms with Crippen LogP contribution in [0.25, 0.3) is 5.65 Å². The molecule has 1 unspecified atom stereocenters. The van der Waals surface area contributed by atoms with E-state index in [0.29, 0.717) is 18.6 Å². The van der Waals surface area contributed by atoms with Crippen LogP contribution in [0, 0.1) is 6.92 Å². The van der Waals surface area contributed by atoms with Gasteiger partial charge in [-0.2, -0.15) is 22.6 Å². The highest BCUT2D eigenvalue weighted by atomic mass is 32.2. The molecule has 1 aliphatic rings. The van der Waals surface area contributed by atoms with Crippen LogP contribution in [-0.4, -0.2) is 41.0 Å². The largest absolute Gasteiger partial charge is 0.497 e. The summed E-state index contributed by atoms with van der Waals surface area (Å²) in [6.45, 7) is 1.73. The molecular formula is C19H19F3N4O3S. The minimum absolute atomic E-state index is 0.0334. The van der Waals surface area contributed by atoms with Gasteiger partial charge in [0.2, 0.25) is 10.0 Å². The molecule has 3 heterocycles. The monoisotopic (exact) mass is 440 g/mol. The molecule has 2 aromatic heterocycles. The first-order chi connectivity index (χ1) is 14.1. The maximum absolute atomic E-state index is 13.4. The first kappa shape index (κ1) is 20.6. The van der Waals surface area contributed by atoms with E-state index in [4.69, 9.17) is 4.74 Å². The lowest BCUT2D eigenvalue weighted by Crippen LogP contribution is -2.31. The number of aryl methyl sites for hydroxylation is 1. The molecule has 0 bridgehead atoms. The van der Waals surface area contributed by atoms with Crippen molar-refractivity contribution in [3.05, 3.63) is 53.5 Å². The van der Waals surface area contributed by atoms with Gasteiger partial charge in [-0.05, 0) is 50.1 Å². The lowest BCUT2D eigenvalue weighted by molar-refractivity contribution is -0.142. The summed E-state index contributed by atoms with van der Waals surface area (Å²) in [6.07, 6.45) is -3.58. The lowest BCUT2D eigenvalue weighted by atomic mass is 10.2. The standard InChI is InChI=1S/C19H19F3N4O3S/c1-12-10-17(19(20,21)22)26-18(23-12)11-15(24-26)16-4-3-9-25(16)30(27,28)14-7-5-13(29-2)6-8-14/h5-8,10-11,16H,3-4,9H2,1-2H3. The van der Waals surface area contributed by atoms with Gasteiger partial charge in [0.15, 0.2) is 5.65 Å². The van der Waals surface area contributed by atoms with Gasteiger partial charge in [0.25, 0.3) is 0 Å². The predicted octanol–water partition coefficient (Wildman–Crippen LogP) is 3.59. The summed E-state index contributed by atoms with van der Waals surface area (Å²) in [5, 5.41) is 4.10. The van der Waals surface area contributed by atoms with Crippen molar-refractivity contribution in [2.75, 3.05) is 13.7 Å². The molecule has 0 spiro atoms. The van der Waals surface area contributed by atoms with Crippen molar-refractivity contribution in [1.82, 2.24) is 18.9 Å². The van der Waals surface area contributed by atoms with Crippen molar-refractivity contribution in [2.24, 2.45) is 0 Å². The molecule has 1 aromatic carbocycles. The summed E-state index contributed by atoms with van der Waals surface area (Å²) < 4.78 is 73.7. The van der Waals surface area contributed by atoms with Gasteiger partial charge >= 0.3 is 6.18 Å². The Morgan fingerprint density at radius 2 is 1.87 bits per heavy atom. The SMILES string of the molecule is COc1ccc(S(=O)(=O)N2CCCC2c2cc3nc(C)cc(C(F)(F)F)n3n2)cc1. The second kappa shape index (κ2) is 7.24. The molecule has 1 atom stereocenters. The summed E-state index contributed by atoms with van der Waals surface area (Å²) in [7, 11) is -2.38. The van der Waals surface area contributed by atoms with Crippen LogP contribution < -0.4 is 4.74 Å². The highest BCUT2D eigenvalue weighted by Crippen LogP contribution is 2.37. The maximum Gasteiger partial charge on any atom is 0.433 e. The third-order valence-corrected chi connectivity index (χ3v) is 7.00. The average Bonchev–Trinajstić information content (AvgIpc) is 3.33. The Kier molecular flexibility index (Phi) is 4.97. The third-order valence-electron chi connectivity index (χ3n) is 5.08. The molecule has 0 saturated carbocycles. The van der Waals surface area contributed by atoms with Gasteiger partial charge < -0.3 is 4.74 Å². The molecule has 1 fully saturated rings. The molecule has 0 amide bonds. The Balaban J connectivity index is 1.75. The third kappa shape index (κ3) is 3.52. The van der Waals surface area contributed by atoms with Crippen molar-refractivity contribution in [2.45, 2.75) is 36.9 Å². The molecule has 0 N–H and O–H groups in total. The Morgan fingerprint density at radius 1 is 1.17 bits per heavy atom. The first-order valence-electron chi connectivity index (χ1n) is 9.21. The fourth-order valence-electron chi connectivity index (χ4n) is 3.69. The molecule has 4 rings (SSSR count). The van der Waals surface area contributed by atoms with Crippen molar-refractivity contribution >= 4 is 15.7 Å². The van der Waals surface area contributed by atoms with Gasteiger partial charge in [-0.3, -0.25) is 0 Å². The van der Waals surface area contributed by atoms with Crippen molar-refractivity contribution in [3.8, 4) is 5.75 Å². The average molecular weight is 440 g/mol. The number of fused-ring (bicyclic) bond motifs is 1. The zero-order chi connectivity index (χ0) is 21.7. The Morgan fingerprint density at radius 3 is 2.50 bits per heavy atom. The highest BCUT2D eigenvalue weighted by Gasteiger charge is 2.39. The summed E-state index contributed by atoms with van der Waals surface area (Å²) in [5.41, 5.74) is -0.464. The van der Waals surface area contributed by atoms with E-state index in [1.165, 1.54) is 36.5 Å². The summed E-state index contributed by atoms with van der Waals surface area (Å²) >= 11 is 0. The molecule has 7 nitrogen and oxygen atoms in total. The van der Waals surface area contributed by atoms with E-state index in [2.05, 4.69) is 10.1 Å². The topological polar surface area (TPSA) is 76.8 Å². The van der Waals surface area contributed by atoms with E-state index in [0.717, 1.165) is 10.6 Å². The molecule has 30 heavy (non-hydrogen) atoms. The first-order valence-corrected chi connectivity index (χ1v) is 10.7. The van der Waals surface area contributed by atoms with Gasteiger partial charge in [0, 0.05) is 18.3 Å². The minimum atomic E-state index is -4.61. The van der Waals surface area contributed by atoms with E-state index < -0.39 is 27.9 Å². The van der Waals surface area contributed by atoms with E-state index in [1.807, 2.05) is 0 Å². The number of aromatic nitrogens is 3. The predicted molar refractivity (Wildman–Crippen MR) is 102 cm³/mol. The number of methoxy groups -OCH3 is 1. The van der Waals surface area contributed by atoms with E-state index in [9.17, 15) is 21.6 Å². The smallest absolute Gasteiger partial charge is 0.433 e. The van der Waals surface area contributed by atoms with Crippen molar-refractivity contribution in [3.63, 3.8) is 0 Å². The summed E-state index contributed by atoms with van der Waals surface area (Å²) in [6, 6.07) is 7.66. The van der Waals surface area contributed by atoms with Gasteiger partial charge in [-0.1, -0.05) is 0 Å². The van der Waals surface area contributed by atoms with E-state index in [-0.39, 0.29) is 28.5 Å². The Hall–Kier alpha value is -2.66. The molecule has 11 heteroatoms. The van der Waals surface area contributed by atoms with E-state index in [1.54, 1.807) is 12.1 Å². The van der Waals surface area contributed by atoms with Gasteiger partial charge in [-0.25, -0.2) is 17.9 Å². The van der Waals surface area contributed by atoms with E-state index >= 15 is 0 Å². The number of sulfonamides is 1. The normalized spacial score (nSPS) is 18.2. The molecular weight excluding hydrogens is 421 g/mol. The number of hydrogen-bond acceptors (Lipinski definition) is 5. The Labute approximate surface area is 171 Å².